The second kappa shape index (κ2) is 7.97. The number of carboxylic acid groups (broad SMARTS) is 1. The van der Waals surface area contributed by atoms with Crippen molar-refractivity contribution in [1.29, 1.82) is 0 Å². The van der Waals surface area contributed by atoms with Crippen molar-refractivity contribution in [2.75, 3.05) is 31.4 Å². The molecule has 2 aliphatic heterocycles. The zero-order valence-electron chi connectivity index (χ0n) is 15.5. The van der Waals surface area contributed by atoms with Crippen LogP contribution in [0.1, 0.15) is 5.82 Å². The smallest absolute Gasteiger partial charge is 0.340 e. The summed E-state index contributed by atoms with van der Waals surface area (Å²) in [7, 11) is -2.88. The van der Waals surface area contributed by atoms with Crippen LogP contribution in [-0.2, 0) is 33.5 Å². The van der Waals surface area contributed by atoms with Crippen LogP contribution in [-0.4, -0.2) is 94.0 Å². The van der Waals surface area contributed by atoms with Gasteiger partial charge in [-0.05, 0) is 0 Å². The van der Waals surface area contributed by atoms with Gasteiger partial charge in [-0.25, -0.2) is 8.98 Å². The summed E-state index contributed by atoms with van der Waals surface area (Å²) in [5.74, 6) is -3.25. The molecule has 2 amide bonds. The average Bonchev–Trinajstić information content (AvgIpc) is 3.08. The second-order valence-electron chi connectivity index (χ2n) is 6.28. The van der Waals surface area contributed by atoms with E-state index in [1.807, 2.05) is 0 Å². The van der Waals surface area contributed by atoms with Crippen LogP contribution in [0.4, 0.5) is 5.13 Å². The number of nitrogen functional groups attached to an aromatic ring is 1. The third kappa shape index (κ3) is 4.18. The Balaban J connectivity index is 1.73. The summed E-state index contributed by atoms with van der Waals surface area (Å²) in [5, 5.41) is 15.0. The highest BCUT2D eigenvalue weighted by molar-refractivity contribution is 8.00. The summed E-state index contributed by atoms with van der Waals surface area (Å²) >= 11 is 1.81. The normalized spacial score (nSPS) is 26.5. The summed E-state index contributed by atoms with van der Waals surface area (Å²) in [6.07, 6.45) is 0.728. The largest absolute Gasteiger partial charge is 0.479 e. The minimum absolute atomic E-state index is 0.0803. The average molecular weight is 481 g/mol. The van der Waals surface area contributed by atoms with Crippen molar-refractivity contribution in [3.05, 3.63) is 5.82 Å². The molecule has 1 aromatic rings. The fourth-order valence-electron chi connectivity index (χ4n) is 2.87. The Morgan fingerprint density at radius 2 is 2.17 bits per heavy atom. The lowest BCUT2D eigenvalue weighted by molar-refractivity contribution is -0.163. The molecule has 2 saturated heterocycles. The number of thioether (sulfide) groups is 1. The third-order valence-electron chi connectivity index (χ3n) is 4.09. The SMILES string of the molecule is CON=C(C(=O)NC1C(=O)N2CC(OS(C)(=O)=O)(C(=O)O)CS[C@H]12)c1nsc(N)n1. The van der Waals surface area contributed by atoms with E-state index in [4.69, 9.17) is 9.92 Å². The predicted octanol–water partition coefficient (Wildman–Crippen LogP) is -2.33. The molecule has 2 unspecified atom stereocenters. The third-order valence-corrected chi connectivity index (χ3v) is 6.76. The van der Waals surface area contributed by atoms with E-state index in [0.717, 1.165) is 34.5 Å². The first-order valence-corrected chi connectivity index (χ1v) is 11.7. The number of nitrogens with zero attached hydrogens (tertiary/aromatic N) is 4. The molecule has 3 heterocycles. The molecule has 3 rings (SSSR count). The standard InChI is InChI=1S/C13H16N6O8S3/c1-26-17-5(7-16-12(14)29-18-7)8(20)15-6-9(21)19-3-13(11(22)23,4-28-10(6)19)27-30(2,24)25/h6,10H,3-4H2,1-2H3,(H,15,20)(H,22,23)(H2,14,16,18)/t6?,10-,13?/m1/s1. The van der Waals surface area contributed by atoms with E-state index >= 15 is 0 Å². The van der Waals surface area contributed by atoms with Crippen LogP contribution in [0.3, 0.4) is 0 Å². The minimum Gasteiger partial charge on any atom is -0.479 e. The molecule has 0 bridgehead atoms. The summed E-state index contributed by atoms with van der Waals surface area (Å²) in [6.45, 7) is -0.485. The number of fused-ring (bicyclic) bond motifs is 1. The molecule has 2 aliphatic rings. The molecule has 0 spiro atoms. The first-order valence-electron chi connectivity index (χ1n) is 8.05. The van der Waals surface area contributed by atoms with Crippen molar-refractivity contribution in [3.63, 3.8) is 0 Å². The number of hydrogen-bond acceptors (Lipinski definition) is 13. The predicted molar refractivity (Wildman–Crippen MR) is 104 cm³/mol. The monoisotopic (exact) mass is 480 g/mol. The van der Waals surface area contributed by atoms with Crippen molar-refractivity contribution in [2.45, 2.75) is 17.0 Å². The maximum absolute atomic E-state index is 12.6. The summed E-state index contributed by atoms with van der Waals surface area (Å²) in [4.78, 5) is 46.3. The number of nitrogens with two attached hydrogens (primary N) is 1. The highest BCUT2D eigenvalue weighted by atomic mass is 32.2. The molecule has 2 fully saturated rings. The van der Waals surface area contributed by atoms with E-state index in [1.165, 1.54) is 7.11 Å². The van der Waals surface area contributed by atoms with Gasteiger partial charge in [-0.15, -0.1) is 11.8 Å². The number of hydrogen-bond donors (Lipinski definition) is 3. The van der Waals surface area contributed by atoms with Gasteiger partial charge < -0.3 is 25.9 Å². The van der Waals surface area contributed by atoms with Gasteiger partial charge in [0, 0.05) is 17.3 Å². The lowest BCUT2D eigenvalue weighted by atomic mass is 9.99. The van der Waals surface area contributed by atoms with Gasteiger partial charge in [-0.3, -0.25) is 9.59 Å². The van der Waals surface area contributed by atoms with Crippen LogP contribution in [0.25, 0.3) is 0 Å². The number of rotatable bonds is 7. The number of carbonyl (C=O) groups excluding carboxylic acids is 2. The molecule has 4 N–H and O–H groups in total. The van der Waals surface area contributed by atoms with Gasteiger partial charge in [-0.1, -0.05) is 5.16 Å². The van der Waals surface area contributed by atoms with Crippen molar-refractivity contribution >= 4 is 62.0 Å². The Hall–Kier alpha value is -2.50. The number of oxime groups is 1. The van der Waals surface area contributed by atoms with Gasteiger partial charge in [-0.2, -0.15) is 17.8 Å². The second-order valence-corrected chi connectivity index (χ2v) is 9.75. The number of amides is 2. The van der Waals surface area contributed by atoms with Crippen molar-refractivity contribution in [2.24, 2.45) is 5.16 Å². The summed E-state index contributed by atoms with van der Waals surface area (Å²) in [5.41, 5.74) is 3.10. The quantitative estimate of drug-likeness (QED) is 0.163. The van der Waals surface area contributed by atoms with Gasteiger partial charge in [0.05, 0.1) is 12.8 Å². The van der Waals surface area contributed by atoms with Gasteiger partial charge in [0.1, 0.15) is 18.5 Å². The van der Waals surface area contributed by atoms with Crippen molar-refractivity contribution in [3.8, 4) is 0 Å². The topological polar surface area (TPSA) is 203 Å². The van der Waals surface area contributed by atoms with Crippen molar-refractivity contribution < 1.29 is 36.9 Å². The van der Waals surface area contributed by atoms with Crippen LogP contribution in [0.2, 0.25) is 0 Å². The molecular weight excluding hydrogens is 464 g/mol. The maximum Gasteiger partial charge on any atom is 0.340 e. The number of carbonyl (C=O) groups is 3. The van der Waals surface area contributed by atoms with E-state index in [1.54, 1.807) is 0 Å². The molecule has 0 radical (unpaired) electrons. The van der Waals surface area contributed by atoms with Crippen molar-refractivity contribution in [1.82, 2.24) is 19.6 Å². The van der Waals surface area contributed by atoms with Crippen LogP contribution in [0, 0.1) is 0 Å². The lowest BCUT2D eigenvalue weighted by Gasteiger charge is -2.52. The summed E-state index contributed by atoms with van der Waals surface area (Å²) in [6, 6.07) is -0.995. The van der Waals surface area contributed by atoms with E-state index < -0.39 is 51.5 Å². The molecular formula is C13H16N6O8S3. The highest BCUT2D eigenvalue weighted by Gasteiger charge is 2.59. The molecule has 14 nitrogen and oxygen atoms in total. The highest BCUT2D eigenvalue weighted by Crippen LogP contribution is 2.40. The molecule has 30 heavy (non-hydrogen) atoms. The minimum atomic E-state index is -4.09. The van der Waals surface area contributed by atoms with Gasteiger partial charge in [0.15, 0.2) is 5.13 Å². The van der Waals surface area contributed by atoms with Crippen LogP contribution in [0.15, 0.2) is 5.16 Å². The zero-order valence-corrected chi connectivity index (χ0v) is 17.9. The molecule has 17 heteroatoms. The van der Waals surface area contributed by atoms with Crippen LogP contribution in [0.5, 0.6) is 0 Å². The maximum atomic E-state index is 12.6. The fraction of sp³-hybridized carbons (Fsp3) is 0.538. The lowest BCUT2D eigenvalue weighted by Crippen LogP contribution is -2.75. The Kier molecular flexibility index (Phi) is 5.89. The van der Waals surface area contributed by atoms with Crippen LogP contribution < -0.4 is 11.1 Å². The van der Waals surface area contributed by atoms with E-state index in [0.29, 0.717) is 0 Å². The number of nitrogens with one attached hydrogen (secondary N) is 1. The number of anilines is 1. The first-order chi connectivity index (χ1) is 14.0. The molecule has 1 aromatic heterocycles. The number of aliphatic carboxylic acids is 1. The number of carboxylic acids is 1. The Morgan fingerprint density at radius 3 is 2.70 bits per heavy atom. The van der Waals surface area contributed by atoms with Gasteiger partial charge >= 0.3 is 5.97 Å². The number of aromatic nitrogens is 2. The van der Waals surface area contributed by atoms with E-state index in [2.05, 4.69) is 24.7 Å². The Morgan fingerprint density at radius 1 is 1.47 bits per heavy atom. The number of β-lactam (4-membered cyclic amide) rings is 1. The van der Waals surface area contributed by atoms with Crippen LogP contribution >= 0.6 is 23.3 Å². The molecule has 0 saturated carbocycles. The van der Waals surface area contributed by atoms with Gasteiger partial charge in [0.25, 0.3) is 16.0 Å². The molecule has 0 aromatic carbocycles. The molecule has 0 aliphatic carbocycles. The zero-order chi connectivity index (χ0) is 22.3. The molecule has 3 atom stereocenters. The summed E-state index contributed by atoms with van der Waals surface area (Å²) < 4.78 is 31.6. The van der Waals surface area contributed by atoms with E-state index in [-0.39, 0.29) is 22.4 Å². The van der Waals surface area contributed by atoms with Gasteiger partial charge in [0.2, 0.25) is 23.0 Å². The van der Waals surface area contributed by atoms with E-state index in [9.17, 15) is 27.9 Å². The fourth-order valence-corrected chi connectivity index (χ4v) is 5.59. The first kappa shape index (κ1) is 22.2. The molecule has 164 valence electrons. The Labute approximate surface area is 178 Å². The Bertz CT molecular complexity index is 1030.